The van der Waals surface area contributed by atoms with Crippen molar-refractivity contribution < 1.29 is 19.0 Å². The molecule has 1 fully saturated rings. The Morgan fingerprint density at radius 1 is 1.17 bits per heavy atom. The Labute approximate surface area is 177 Å². The van der Waals surface area contributed by atoms with E-state index in [-0.39, 0.29) is 5.91 Å². The minimum absolute atomic E-state index is 0.178. The molecule has 1 aromatic heterocycles. The quantitative estimate of drug-likeness (QED) is 0.545. The van der Waals surface area contributed by atoms with E-state index >= 15 is 0 Å². The van der Waals surface area contributed by atoms with E-state index in [2.05, 4.69) is 39.5 Å². The predicted octanol–water partition coefficient (Wildman–Crippen LogP) is 1.79. The van der Waals surface area contributed by atoms with Gasteiger partial charge in [0.05, 0.1) is 26.0 Å². The van der Waals surface area contributed by atoms with Crippen molar-refractivity contribution in [2.45, 2.75) is 33.2 Å². The second-order valence-electron chi connectivity index (χ2n) is 7.09. The van der Waals surface area contributed by atoms with Gasteiger partial charge in [-0.1, -0.05) is 17.3 Å². The third-order valence-corrected chi connectivity index (χ3v) is 4.88. The summed E-state index contributed by atoms with van der Waals surface area (Å²) in [6, 6.07) is 8.30. The predicted molar refractivity (Wildman–Crippen MR) is 112 cm³/mol. The maximum atomic E-state index is 12.7. The van der Waals surface area contributed by atoms with Gasteiger partial charge in [-0.15, -0.1) is 5.10 Å². The van der Waals surface area contributed by atoms with Crippen LogP contribution in [0.15, 0.2) is 30.5 Å². The molecule has 0 spiro atoms. The zero-order chi connectivity index (χ0) is 21.3. The Hall–Kier alpha value is -2.49. The summed E-state index contributed by atoms with van der Waals surface area (Å²) >= 11 is 0. The molecule has 9 heteroatoms. The lowest BCUT2D eigenvalue weighted by molar-refractivity contribution is -0.145. The molecule has 0 unspecified atom stereocenters. The zero-order valence-electron chi connectivity index (χ0n) is 18.0. The fourth-order valence-electron chi connectivity index (χ4n) is 3.34. The van der Waals surface area contributed by atoms with E-state index in [1.165, 1.54) is 5.69 Å². The van der Waals surface area contributed by atoms with Crippen molar-refractivity contribution in [3.63, 3.8) is 0 Å². The highest BCUT2D eigenvalue weighted by Crippen LogP contribution is 2.17. The van der Waals surface area contributed by atoms with Gasteiger partial charge in [0, 0.05) is 45.6 Å². The van der Waals surface area contributed by atoms with Crippen molar-refractivity contribution in [3.05, 3.63) is 41.7 Å². The zero-order valence-corrected chi connectivity index (χ0v) is 18.0. The number of benzene rings is 1. The van der Waals surface area contributed by atoms with Gasteiger partial charge in [0.25, 0.3) is 5.91 Å². The Bertz CT molecular complexity index is 783. The van der Waals surface area contributed by atoms with Crippen LogP contribution in [0.4, 0.5) is 5.69 Å². The lowest BCUT2D eigenvalue weighted by atomic mass is 10.1. The molecule has 2 aromatic rings. The van der Waals surface area contributed by atoms with Crippen LogP contribution >= 0.6 is 0 Å². The Balaban J connectivity index is 1.56. The highest BCUT2D eigenvalue weighted by molar-refractivity contribution is 5.91. The molecular weight excluding hydrogens is 386 g/mol. The highest BCUT2D eigenvalue weighted by Gasteiger charge is 2.18. The van der Waals surface area contributed by atoms with Gasteiger partial charge in [0.1, 0.15) is 0 Å². The second kappa shape index (κ2) is 11.1. The summed E-state index contributed by atoms with van der Waals surface area (Å²) in [5.74, 6) is -0.178. The van der Waals surface area contributed by atoms with Gasteiger partial charge in [0.2, 0.25) is 0 Å². The molecule has 0 bridgehead atoms. The molecule has 164 valence electrons. The van der Waals surface area contributed by atoms with Crippen LogP contribution < -0.4 is 4.90 Å². The lowest BCUT2D eigenvalue weighted by Crippen LogP contribution is -2.36. The number of amides is 1. The van der Waals surface area contributed by atoms with Crippen LogP contribution in [-0.4, -0.2) is 78.7 Å². The number of carbonyl (C=O) groups excluding carboxylic acids is 1. The average molecular weight is 418 g/mol. The summed E-state index contributed by atoms with van der Waals surface area (Å²) in [7, 11) is 1.76. The molecule has 1 saturated heterocycles. The molecule has 0 radical (unpaired) electrons. The number of hydrogen-bond acceptors (Lipinski definition) is 7. The van der Waals surface area contributed by atoms with E-state index in [0.29, 0.717) is 32.0 Å². The number of hydrogen-bond donors (Lipinski definition) is 0. The fraction of sp³-hybridized carbons (Fsp3) is 0.571. The van der Waals surface area contributed by atoms with Crippen molar-refractivity contribution in [2.24, 2.45) is 0 Å². The maximum Gasteiger partial charge on any atom is 0.276 e. The van der Waals surface area contributed by atoms with E-state index in [9.17, 15) is 4.79 Å². The summed E-state index contributed by atoms with van der Waals surface area (Å²) in [5, 5.41) is 8.06. The molecule has 1 amide bonds. The van der Waals surface area contributed by atoms with Crippen LogP contribution in [0.1, 0.15) is 29.9 Å². The summed E-state index contributed by atoms with van der Waals surface area (Å²) in [6.07, 6.45) is 1.22. The molecule has 2 heterocycles. The number of nitrogens with zero attached hydrogens (tertiary/aromatic N) is 5. The van der Waals surface area contributed by atoms with Crippen LogP contribution in [0.25, 0.3) is 0 Å². The highest BCUT2D eigenvalue weighted by atomic mass is 16.7. The van der Waals surface area contributed by atoms with Gasteiger partial charge >= 0.3 is 0 Å². The van der Waals surface area contributed by atoms with Crippen LogP contribution in [0, 0.1) is 0 Å². The van der Waals surface area contributed by atoms with Gasteiger partial charge in [-0.3, -0.25) is 4.79 Å². The molecule has 0 N–H and O–H groups in total. The third-order valence-electron chi connectivity index (χ3n) is 4.88. The van der Waals surface area contributed by atoms with Crippen LogP contribution in [-0.2, 0) is 27.3 Å². The van der Waals surface area contributed by atoms with Gasteiger partial charge in [-0.25, -0.2) is 4.68 Å². The Morgan fingerprint density at radius 2 is 1.83 bits per heavy atom. The van der Waals surface area contributed by atoms with Gasteiger partial charge in [-0.2, -0.15) is 0 Å². The summed E-state index contributed by atoms with van der Waals surface area (Å²) < 4.78 is 18.0. The fourth-order valence-corrected chi connectivity index (χ4v) is 3.34. The molecule has 0 atom stereocenters. The molecule has 3 rings (SSSR count). The number of ether oxygens (including phenoxy) is 3. The van der Waals surface area contributed by atoms with Crippen molar-refractivity contribution in [1.29, 1.82) is 0 Å². The average Bonchev–Trinajstić information content (AvgIpc) is 3.23. The number of carbonyl (C=O) groups is 1. The van der Waals surface area contributed by atoms with Gasteiger partial charge < -0.3 is 24.0 Å². The van der Waals surface area contributed by atoms with E-state index in [4.69, 9.17) is 14.2 Å². The summed E-state index contributed by atoms with van der Waals surface area (Å²) in [5.41, 5.74) is 2.54. The SMILES string of the molecule is CCOC(Cn1cc(C(=O)N(C)Cc2ccc(N3CCOCC3)cc2)nn1)OCC. The summed E-state index contributed by atoms with van der Waals surface area (Å²) in [6.45, 7) is 9.10. The largest absolute Gasteiger partial charge is 0.378 e. The normalized spacial score (nSPS) is 14.3. The molecular formula is C21H31N5O4. The maximum absolute atomic E-state index is 12.7. The van der Waals surface area contributed by atoms with Gasteiger partial charge in [0.15, 0.2) is 12.0 Å². The number of morpholine rings is 1. The van der Waals surface area contributed by atoms with Gasteiger partial charge in [-0.05, 0) is 31.5 Å². The number of aromatic nitrogens is 3. The number of rotatable bonds is 10. The smallest absolute Gasteiger partial charge is 0.276 e. The molecule has 0 saturated carbocycles. The minimum Gasteiger partial charge on any atom is -0.378 e. The van der Waals surface area contributed by atoms with E-state index in [1.807, 2.05) is 13.8 Å². The molecule has 30 heavy (non-hydrogen) atoms. The topological polar surface area (TPSA) is 82.0 Å². The van der Waals surface area contributed by atoms with Crippen LogP contribution in [0.5, 0.6) is 0 Å². The second-order valence-corrected chi connectivity index (χ2v) is 7.09. The first-order valence-corrected chi connectivity index (χ1v) is 10.4. The van der Waals surface area contributed by atoms with E-state index < -0.39 is 6.29 Å². The van der Waals surface area contributed by atoms with E-state index in [0.717, 1.165) is 31.9 Å². The van der Waals surface area contributed by atoms with Crippen molar-refractivity contribution in [3.8, 4) is 0 Å². The Morgan fingerprint density at radius 3 is 2.47 bits per heavy atom. The standard InChI is InChI=1S/C21H31N5O4/c1-4-29-20(30-5-2)16-26-15-19(22-23-26)21(27)24(3)14-17-6-8-18(9-7-17)25-10-12-28-13-11-25/h6-9,15,20H,4-5,10-14,16H2,1-3H3. The molecule has 9 nitrogen and oxygen atoms in total. The van der Waals surface area contributed by atoms with Crippen molar-refractivity contribution in [1.82, 2.24) is 19.9 Å². The first-order valence-electron chi connectivity index (χ1n) is 10.4. The van der Waals surface area contributed by atoms with Crippen molar-refractivity contribution in [2.75, 3.05) is 51.5 Å². The van der Waals surface area contributed by atoms with Crippen molar-refractivity contribution >= 4 is 11.6 Å². The third kappa shape index (κ3) is 6.01. The molecule has 0 aliphatic carbocycles. The molecule has 1 aliphatic heterocycles. The Kier molecular flexibility index (Phi) is 8.18. The first kappa shape index (κ1) is 22.2. The number of anilines is 1. The molecule has 1 aromatic carbocycles. The first-order chi connectivity index (χ1) is 14.6. The van der Waals surface area contributed by atoms with Crippen LogP contribution in [0.2, 0.25) is 0 Å². The van der Waals surface area contributed by atoms with E-state index in [1.54, 1.807) is 22.8 Å². The lowest BCUT2D eigenvalue weighted by Gasteiger charge is -2.29. The minimum atomic E-state index is -0.410. The molecule has 1 aliphatic rings. The monoisotopic (exact) mass is 417 g/mol. The van der Waals surface area contributed by atoms with Crippen LogP contribution in [0.3, 0.4) is 0 Å². The summed E-state index contributed by atoms with van der Waals surface area (Å²) in [4.78, 5) is 16.7.